The number of alkyl halides is 1. The van der Waals surface area contributed by atoms with Gasteiger partial charge in [0.1, 0.15) is 5.60 Å². The Balaban J connectivity index is 2.24. The van der Waals surface area contributed by atoms with Crippen LogP contribution in [0.1, 0.15) is 19.3 Å². The molecule has 1 heterocycles. The first-order chi connectivity index (χ1) is 5.65. The highest BCUT2D eigenvalue weighted by Gasteiger charge is 2.70. The lowest BCUT2D eigenvalue weighted by Gasteiger charge is -2.20. The molecule has 2 fully saturated rings. The fraction of sp³-hybridized carbons (Fsp3) is 0.875. The summed E-state index contributed by atoms with van der Waals surface area (Å²) in [5, 5.41) is 0. The number of hydrogen-bond acceptors (Lipinski definition) is 3. The molecule has 1 aliphatic heterocycles. The van der Waals surface area contributed by atoms with Gasteiger partial charge in [-0.15, -0.1) is 0 Å². The summed E-state index contributed by atoms with van der Waals surface area (Å²) in [6.07, 6.45) is 1.57. The summed E-state index contributed by atoms with van der Waals surface area (Å²) < 4.78 is 23.4. The van der Waals surface area contributed by atoms with E-state index in [1.165, 1.54) is 7.11 Å². The molecule has 0 bridgehead atoms. The maximum Gasteiger partial charge on any atom is 0.346 e. The van der Waals surface area contributed by atoms with Crippen LogP contribution in [0.2, 0.25) is 0 Å². The van der Waals surface area contributed by atoms with Crippen molar-refractivity contribution in [3.63, 3.8) is 0 Å². The van der Waals surface area contributed by atoms with Gasteiger partial charge in [-0.2, -0.15) is 0 Å². The van der Waals surface area contributed by atoms with E-state index >= 15 is 0 Å². The lowest BCUT2D eigenvalue weighted by Crippen LogP contribution is -2.44. The Kier molecular flexibility index (Phi) is 1.46. The molecule has 12 heavy (non-hydrogen) atoms. The number of esters is 1. The molecule has 0 radical (unpaired) electrons. The second kappa shape index (κ2) is 2.19. The van der Waals surface area contributed by atoms with Crippen LogP contribution >= 0.6 is 0 Å². The summed E-state index contributed by atoms with van der Waals surface area (Å²) >= 11 is 0. The Labute approximate surface area is 69.8 Å². The quantitative estimate of drug-likeness (QED) is 0.436. The molecule has 1 aliphatic carbocycles. The maximum absolute atomic E-state index is 13.9. The van der Waals surface area contributed by atoms with Crippen LogP contribution in [0.5, 0.6) is 0 Å². The molecule has 2 rings (SSSR count). The Morgan fingerprint density at radius 1 is 1.58 bits per heavy atom. The molecule has 1 spiro atoms. The molecule has 1 saturated heterocycles. The summed E-state index contributed by atoms with van der Waals surface area (Å²) in [6, 6.07) is 0. The van der Waals surface area contributed by atoms with Crippen molar-refractivity contribution in [2.75, 3.05) is 13.7 Å². The van der Waals surface area contributed by atoms with Crippen LogP contribution in [0.25, 0.3) is 0 Å². The van der Waals surface area contributed by atoms with Crippen LogP contribution < -0.4 is 0 Å². The minimum absolute atomic E-state index is 0.236. The van der Waals surface area contributed by atoms with Crippen molar-refractivity contribution < 1.29 is 18.7 Å². The van der Waals surface area contributed by atoms with E-state index in [0.29, 0.717) is 19.4 Å². The van der Waals surface area contributed by atoms with Crippen molar-refractivity contribution in [3.8, 4) is 0 Å². The summed E-state index contributed by atoms with van der Waals surface area (Å²) in [5.74, 6) is -0.780. The smallest absolute Gasteiger partial charge is 0.346 e. The first kappa shape index (κ1) is 7.98. The Morgan fingerprint density at radius 3 is 2.75 bits per heavy atom. The maximum atomic E-state index is 13.9. The van der Waals surface area contributed by atoms with E-state index in [2.05, 4.69) is 4.74 Å². The second-order valence-corrected chi connectivity index (χ2v) is 3.43. The highest BCUT2D eigenvalue weighted by molar-refractivity contribution is 5.82. The molecule has 3 nitrogen and oxygen atoms in total. The summed E-state index contributed by atoms with van der Waals surface area (Å²) in [4.78, 5) is 11.1. The zero-order valence-corrected chi connectivity index (χ0v) is 6.93. The number of rotatable bonds is 1. The van der Waals surface area contributed by atoms with Crippen molar-refractivity contribution in [2.45, 2.75) is 30.5 Å². The predicted molar refractivity (Wildman–Crippen MR) is 38.4 cm³/mol. The molecule has 4 heteroatoms. The molecular weight excluding hydrogens is 163 g/mol. The molecule has 0 aromatic heterocycles. The van der Waals surface area contributed by atoms with Gasteiger partial charge in [-0.1, -0.05) is 0 Å². The lowest BCUT2D eigenvalue weighted by atomic mass is 9.93. The fourth-order valence-electron chi connectivity index (χ4n) is 1.95. The number of carbonyl (C=O) groups excluding carboxylic acids is 1. The molecule has 0 N–H and O–H groups in total. The van der Waals surface area contributed by atoms with Crippen molar-refractivity contribution >= 4 is 5.97 Å². The van der Waals surface area contributed by atoms with E-state index in [1.807, 2.05) is 0 Å². The highest BCUT2D eigenvalue weighted by atomic mass is 19.1. The Hall–Kier alpha value is -0.640. The first-order valence-electron chi connectivity index (χ1n) is 4.06. The van der Waals surface area contributed by atoms with Gasteiger partial charge in [0.2, 0.25) is 5.67 Å². The third-order valence-electron chi connectivity index (χ3n) is 2.83. The molecule has 0 aromatic rings. The molecule has 0 aromatic carbocycles. The summed E-state index contributed by atoms with van der Waals surface area (Å²) in [7, 11) is 1.21. The zero-order valence-electron chi connectivity index (χ0n) is 6.93. The van der Waals surface area contributed by atoms with Gasteiger partial charge < -0.3 is 9.47 Å². The number of hydrogen-bond donors (Lipinski definition) is 0. The van der Waals surface area contributed by atoms with Crippen LogP contribution in [-0.4, -0.2) is 31.0 Å². The molecule has 0 amide bonds. The van der Waals surface area contributed by atoms with Crippen molar-refractivity contribution in [2.24, 2.45) is 0 Å². The SMILES string of the molecule is COC(=O)C1(F)CCCC12CO2. The minimum atomic E-state index is -1.87. The van der Waals surface area contributed by atoms with Gasteiger partial charge in [-0.3, -0.25) is 0 Å². The summed E-state index contributed by atoms with van der Waals surface area (Å²) in [5.41, 5.74) is -2.69. The highest BCUT2D eigenvalue weighted by Crippen LogP contribution is 2.53. The molecule has 2 unspecified atom stereocenters. The average molecular weight is 174 g/mol. The molecule has 2 atom stereocenters. The van der Waals surface area contributed by atoms with E-state index in [-0.39, 0.29) is 6.42 Å². The van der Waals surface area contributed by atoms with Gasteiger partial charge in [0.05, 0.1) is 13.7 Å². The Bertz CT molecular complexity index is 224. The monoisotopic (exact) mass is 174 g/mol. The second-order valence-electron chi connectivity index (χ2n) is 3.43. The van der Waals surface area contributed by atoms with Gasteiger partial charge >= 0.3 is 5.97 Å². The van der Waals surface area contributed by atoms with Crippen molar-refractivity contribution in [1.29, 1.82) is 0 Å². The third kappa shape index (κ3) is 0.759. The van der Waals surface area contributed by atoms with E-state index in [1.54, 1.807) is 0 Å². The van der Waals surface area contributed by atoms with E-state index < -0.39 is 17.2 Å². The van der Waals surface area contributed by atoms with E-state index in [9.17, 15) is 9.18 Å². The largest absolute Gasteiger partial charge is 0.467 e. The minimum Gasteiger partial charge on any atom is -0.467 e. The van der Waals surface area contributed by atoms with Gasteiger partial charge in [0, 0.05) is 0 Å². The van der Waals surface area contributed by atoms with Gasteiger partial charge in [-0.05, 0) is 19.3 Å². The average Bonchev–Trinajstić information content (AvgIpc) is 2.76. The molecular formula is C8H11FO3. The van der Waals surface area contributed by atoms with E-state index in [4.69, 9.17) is 4.74 Å². The lowest BCUT2D eigenvalue weighted by molar-refractivity contribution is -0.158. The molecule has 68 valence electrons. The summed E-state index contributed by atoms with van der Waals surface area (Å²) in [6.45, 7) is 0.360. The number of carbonyl (C=O) groups is 1. The van der Waals surface area contributed by atoms with Crippen LogP contribution in [0, 0.1) is 0 Å². The number of halogens is 1. The van der Waals surface area contributed by atoms with Crippen LogP contribution in [0.4, 0.5) is 4.39 Å². The van der Waals surface area contributed by atoms with Crippen molar-refractivity contribution in [3.05, 3.63) is 0 Å². The number of ether oxygens (including phenoxy) is 2. The van der Waals surface area contributed by atoms with E-state index in [0.717, 1.165) is 0 Å². The van der Waals surface area contributed by atoms with Crippen LogP contribution in [-0.2, 0) is 14.3 Å². The van der Waals surface area contributed by atoms with Gasteiger partial charge in [-0.25, -0.2) is 9.18 Å². The number of epoxide rings is 1. The topological polar surface area (TPSA) is 38.8 Å². The first-order valence-corrected chi connectivity index (χ1v) is 4.06. The van der Waals surface area contributed by atoms with Crippen molar-refractivity contribution in [1.82, 2.24) is 0 Å². The van der Waals surface area contributed by atoms with Crippen LogP contribution in [0.15, 0.2) is 0 Å². The Morgan fingerprint density at radius 2 is 2.25 bits per heavy atom. The normalized spacial score (nSPS) is 44.8. The predicted octanol–water partition coefficient (Wildman–Crippen LogP) is 0.821. The van der Waals surface area contributed by atoms with Gasteiger partial charge in [0.25, 0.3) is 0 Å². The molecule has 1 saturated carbocycles. The zero-order chi connectivity index (χ0) is 8.82. The van der Waals surface area contributed by atoms with Gasteiger partial charge in [0.15, 0.2) is 0 Å². The molecule has 2 aliphatic rings. The number of methoxy groups -OCH3 is 1. The fourth-order valence-corrected chi connectivity index (χ4v) is 1.95. The standard InChI is InChI=1S/C8H11FO3/c1-11-6(10)8(9)4-2-3-7(8)5-12-7/h2-5H2,1H3. The third-order valence-corrected chi connectivity index (χ3v) is 2.83. The van der Waals surface area contributed by atoms with Crippen LogP contribution in [0.3, 0.4) is 0 Å².